The van der Waals surface area contributed by atoms with Crippen LogP contribution in [0.4, 0.5) is 0 Å². The summed E-state index contributed by atoms with van der Waals surface area (Å²) in [5, 5.41) is 11.0. The minimum absolute atomic E-state index is 0.0485. The van der Waals surface area contributed by atoms with Crippen molar-refractivity contribution in [3.63, 3.8) is 0 Å². The van der Waals surface area contributed by atoms with Crippen molar-refractivity contribution >= 4 is 33.3 Å². The number of thioether (sulfide) groups is 1. The lowest BCUT2D eigenvalue weighted by molar-refractivity contribution is 0.727. The van der Waals surface area contributed by atoms with Crippen LogP contribution in [0.1, 0.15) is 6.92 Å². The molecule has 0 spiro atoms. The molecule has 2 aromatic rings. The Balaban J connectivity index is 2.58. The Morgan fingerprint density at radius 2 is 2.44 bits per heavy atom. The lowest BCUT2D eigenvalue weighted by Crippen LogP contribution is -2.19. The first-order valence-electron chi connectivity index (χ1n) is 4.64. The van der Waals surface area contributed by atoms with E-state index in [0.717, 1.165) is 0 Å². The molecule has 2 rings (SSSR count). The Morgan fingerprint density at radius 1 is 1.69 bits per heavy atom. The Hall–Kier alpha value is -1.32. The van der Waals surface area contributed by atoms with Gasteiger partial charge in [-0.15, -0.1) is 11.3 Å². The van der Waals surface area contributed by atoms with Crippen LogP contribution in [0.3, 0.4) is 0 Å². The van der Waals surface area contributed by atoms with E-state index >= 15 is 0 Å². The number of thiophene rings is 1. The van der Waals surface area contributed by atoms with Gasteiger partial charge in [-0.3, -0.25) is 9.36 Å². The quantitative estimate of drug-likeness (QED) is 0.605. The number of aromatic nitrogens is 2. The van der Waals surface area contributed by atoms with Crippen LogP contribution in [0.2, 0.25) is 0 Å². The maximum atomic E-state index is 11.9. The van der Waals surface area contributed by atoms with Gasteiger partial charge in [0.25, 0.3) is 5.56 Å². The fraction of sp³-hybridized carbons (Fsp3) is 0.300. The smallest absolute Gasteiger partial charge is 0.271 e. The molecule has 2 aromatic heterocycles. The number of hydrogen-bond acceptors (Lipinski definition) is 5. The van der Waals surface area contributed by atoms with Gasteiger partial charge in [0.15, 0.2) is 5.16 Å². The molecule has 0 aliphatic carbocycles. The standard InChI is InChI=1S/C10H9N3OS2/c1-6(5-11)16-10-12-7-3-4-15-8(7)9(14)13(10)2/h3-4,6H,1-2H3/t6-/m0/s1. The largest absolute Gasteiger partial charge is 0.289 e. The Bertz CT molecular complexity index is 623. The summed E-state index contributed by atoms with van der Waals surface area (Å²) < 4.78 is 2.16. The van der Waals surface area contributed by atoms with Crippen LogP contribution in [0.5, 0.6) is 0 Å². The van der Waals surface area contributed by atoms with Crippen molar-refractivity contribution in [2.24, 2.45) is 7.05 Å². The fourth-order valence-electron chi connectivity index (χ4n) is 1.26. The summed E-state index contributed by atoms with van der Waals surface area (Å²) >= 11 is 2.69. The SMILES string of the molecule is C[C@@H](C#N)Sc1nc2ccsc2c(=O)n1C. The van der Waals surface area contributed by atoms with E-state index in [1.54, 1.807) is 14.0 Å². The molecule has 16 heavy (non-hydrogen) atoms. The van der Waals surface area contributed by atoms with Gasteiger partial charge in [-0.1, -0.05) is 11.8 Å². The second kappa shape index (κ2) is 4.28. The molecule has 0 saturated carbocycles. The Kier molecular flexibility index (Phi) is 2.99. The van der Waals surface area contributed by atoms with E-state index in [1.807, 2.05) is 11.4 Å². The average Bonchev–Trinajstić information content (AvgIpc) is 2.73. The summed E-state index contributed by atoms with van der Waals surface area (Å²) in [6.45, 7) is 1.79. The van der Waals surface area contributed by atoms with E-state index < -0.39 is 0 Å². The van der Waals surface area contributed by atoms with E-state index in [4.69, 9.17) is 5.26 Å². The van der Waals surface area contributed by atoms with E-state index in [9.17, 15) is 4.79 Å². The predicted molar refractivity (Wildman–Crippen MR) is 65.8 cm³/mol. The second-order valence-electron chi connectivity index (χ2n) is 3.28. The van der Waals surface area contributed by atoms with Gasteiger partial charge in [0.2, 0.25) is 0 Å². The molecule has 0 N–H and O–H groups in total. The molecular weight excluding hydrogens is 242 g/mol. The van der Waals surface area contributed by atoms with Gasteiger partial charge in [-0.25, -0.2) is 4.98 Å². The van der Waals surface area contributed by atoms with Crippen LogP contribution < -0.4 is 5.56 Å². The van der Waals surface area contributed by atoms with E-state index in [2.05, 4.69) is 11.1 Å². The third-order valence-corrected chi connectivity index (χ3v) is 4.04. The summed E-state index contributed by atoms with van der Waals surface area (Å²) in [5.74, 6) is 0. The summed E-state index contributed by atoms with van der Waals surface area (Å²) in [6, 6.07) is 3.93. The zero-order valence-corrected chi connectivity index (χ0v) is 10.4. The monoisotopic (exact) mass is 251 g/mol. The first kappa shape index (κ1) is 11.2. The predicted octanol–water partition coefficient (Wildman–Crippen LogP) is 2.00. The third kappa shape index (κ3) is 1.84. The Labute approximate surface area is 101 Å². The molecule has 1 atom stereocenters. The average molecular weight is 251 g/mol. The first-order chi connectivity index (χ1) is 7.63. The molecule has 2 heterocycles. The lowest BCUT2D eigenvalue weighted by atomic mass is 10.5. The van der Waals surface area contributed by atoms with Crippen molar-refractivity contribution in [2.75, 3.05) is 0 Å². The van der Waals surface area contributed by atoms with Crippen molar-refractivity contribution in [2.45, 2.75) is 17.3 Å². The molecule has 0 fully saturated rings. The molecular formula is C10H9N3OS2. The van der Waals surface area contributed by atoms with Gasteiger partial charge in [-0.05, 0) is 18.4 Å². The van der Waals surface area contributed by atoms with Crippen molar-refractivity contribution in [3.8, 4) is 6.07 Å². The first-order valence-corrected chi connectivity index (χ1v) is 6.40. The number of nitrogens with zero attached hydrogens (tertiary/aromatic N) is 3. The van der Waals surface area contributed by atoms with Gasteiger partial charge >= 0.3 is 0 Å². The number of fused-ring (bicyclic) bond motifs is 1. The van der Waals surface area contributed by atoms with Crippen molar-refractivity contribution in [3.05, 3.63) is 21.8 Å². The maximum Gasteiger partial charge on any atom is 0.271 e. The molecule has 0 radical (unpaired) electrons. The molecule has 4 nitrogen and oxygen atoms in total. The minimum atomic E-state index is -0.214. The summed E-state index contributed by atoms with van der Waals surface area (Å²) in [5.41, 5.74) is 0.661. The molecule has 0 aromatic carbocycles. The topological polar surface area (TPSA) is 58.7 Å². The van der Waals surface area contributed by atoms with Crippen LogP contribution in [0.25, 0.3) is 10.2 Å². The molecule has 0 bridgehead atoms. The highest BCUT2D eigenvalue weighted by molar-refractivity contribution is 8.00. The molecule has 0 aliphatic heterocycles. The van der Waals surface area contributed by atoms with Crippen LogP contribution in [-0.4, -0.2) is 14.8 Å². The zero-order chi connectivity index (χ0) is 11.7. The van der Waals surface area contributed by atoms with Crippen molar-refractivity contribution in [1.82, 2.24) is 9.55 Å². The number of hydrogen-bond donors (Lipinski definition) is 0. The van der Waals surface area contributed by atoms with Crippen molar-refractivity contribution < 1.29 is 0 Å². The highest BCUT2D eigenvalue weighted by Crippen LogP contribution is 2.22. The van der Waals surface area contributed by atoms with Crippen molar-refractivity contribution in [1.29, 1.82) is 5.26 Å². The summed E-state index contributed by atoms with van der Waals surface area (Å²) in [7, 11) is 1.68. The fourth-order valence-corrected chi connectivity index (χ4v) is 2.82. The van der Waals surface area contributed by atoms with E-state index in [0.29, 0.717) is 15.4 Å². The molecule has 0 aliphatic rings. The molecule has 0 saturated heterocycles. The lowest BCUT2D eigenvalue weighted by Gasteiger charge is -2.07. The summed E-state index contributed by atoms with van der Waals surface area (Å²) in [4.78, 5) is 16.3. The zero-order valence-electron chi connectivity index (χ0n) is 8.80. The van der Waals surface area contributed by atoms with Gasteiger partial charge in [0.1, 0.15) is 4.70 Å². The van der Waals surface area contributed by atoms with Gasteiger partial charge in [0.05, 0.1) is 16.8 Å². The van der Waals surface area contributed by atoms with Gasteiger partial charge in [-0.2, -0.15) is 5.26 Å². The highest BCUT2D eigenvalue weighted by Gasteiger charge is 2.12. The Morgan fingerprint density at radius 3 is 3.12 bits per heavy atom. The highest BCUT2D eigenvalue weighted by atomic mass is 32.2. The van der Waals surface area contributed by atoms with Crippen LogP contribution in [-0.2, 0) is 7.05 Å². The van der Waals surface area contributed by atoms with Gasteiger partial charge in [0, 0.05) is 7.05 Å². The van der Waals surface area contributed by atoms with Crippen LogP contribution in [0.15, 0.2) is 21.4 Å². The summed E-state index contributed by atoms with van der Waals surface area (Å²) in [6.07, 6.45) is 0. The normalized spacial score (nSPS) is 12.6. The molecule has 6 heteroatoms. The second-order valence-corrected chi connectivity index (χ2v) is 5.51. The molecule has 0 amide bonds. The molecule has 0 unspecified atom stereocenters. The van der Waals surface area contributed by atoms with Gasteiger partial charge < -0.3 is 0 Å². The number of nitriles is 1. The minimum Gasteiger partial charge on any atom is -0.289 e. The van der Waals surface area contributed by atoms with Crippen LogP contribution >= 0.6 is 23.1 Å². The van der Waals surface area contributed by atoms with E-state index in [1.165, 1.54) is 27.7 Å². The molecule has 82 valence electrons. The number of rotatable bonds is 2. The third-order valence-electron chi connectivity index (χ3n) is 2.11. The maximum absolute atomic E-state index is 11.9. The van der Waals surface area contributed by atoms with Crippen LogP contribution in [0, 0.1) is 11.3 Å². The van der Waals surface area contributed by atoms with E-state index in [-0.39, 0.29) is 10.8 Å².